The Hall–Kier alpha value is -1.06. The number of nitrogens with one attached hydrogen (secondary N) is 1. The maximum absolute atomic E-state index is 5.72. The van der Waals surface area contributed by atoms with E-state index in [0.717, 1.165) is 12.3 Å². The van der Waals surface area contributed by atoms with Crippen LogP contribution in [-0.4, -0.2) is 24.4 Å². The van der Waals surface area contributed by atoms with Crippen LogP contribution in [-0.2, 0) is 11.3 Å². The van der Waals surface area contributed by atoms with E-state index in [-0.39, 0.29) is 11.1 Å². The van der Waals surface area contributed by atoms with E-state index in [9.17, 15) is 0 Å². The van der Waals surface area contributed by atoms with Gasteiger partial charge < -0.3 is 14.8 Å². The second kappa shape index (κ2) is 7.09. The molecule has 0 fully saturated rings. The van der Waals surface area contributed by atoms with Gasteiger partial charge in [-0.05, 0) is 59.2 Å². The highest BCUT2D eigenvalue weighted by Gasteiger charge is 2.10. The van der Waals surface area contributed by atoms with Gasteiger partial charge in [-0.1, -0.05) is 12.1 Å². The van der Waals surface area contributed by atoms with Gasteiger partial charge in [0.1, 0.15) is 12.4 Å². The molecule has 0 atom stereocenters. The lowest BCUT2D eigenvalue weighted by atomic mass is 10.1. The smallest absolute Gasteiger partial charge is 0.119 e. The number of rotatable bonds is 6. The Morgan fingerprint density at radius 3 is 2.30 bits per heavy atom. The van der Waals surface area contributed by atoms with Crippen molar-refractivity contribution in [2.24, 2.45) is 0 Å². The molecule has 20 heavy (non-hydrogen) atoms. The van der Waals surface area contributed by atoms with Gasteiger partial charge in [0, 0.05) is 12.1 Å². The van der Waals surface area contributed by atoms with E-state index in [0.29, 0.717) is 13.2 Å². The Morgan fingerprint density at radius 2 is 1.70 bits per heavy atom. The second-order valence-corrected chi connectivity index (χ2v) is 7.06. The van der Waals surface area contributed by atoms with Crippen LogP contribution in [0.1, 0.15) is 47.1 Å². The minimum Gasteiger partial charge on any atom is -0.491 e. The van der Waals surface area contributed by atoms with Gasteiger partial charge >= 0.3 is 0 Å². The van der Waals surface area contributed by atoms with Gasteiger partial charge in [0.2, 0.25) is 0 Å². The zero-order valence-corrected chi connectivity index (χ0v) is 13.7. The highest BCUT2D eigenvalue weighted by molar-refractivity contribution is 5.28. The molecule has 0 aromatic heterocycles. The fraction of sp³-hybridized carbons (Fsp3) is 0.647. The fourth-order valence-corrected chi connectivity index (χ4v) is 1.62. The molecule has 1 rings (SSSR count). The summed E-state index contributed by atoms with van der Waals surface area (Å²) in [5.74, 6) is 0.899. The molecule has 0 radical (unpaired) electrons. The highest BCUT2D eigenvalue weighted by Crippen LogP contribution is 2.14. The lowest BCUT2D eigenvalue weighted by Crippen LogP contribution is -2.35. The fourth-order valence-electron chi connectivity index (χ4n) is 1.62. The third-order valence-corrected chi connectivity index (χ3v) is 2.61. The molecule has 1 aromatic rings. The Kier molecular flexibility index (Phi) is 6.03. The summed E-state index contributed by atoms with van der Waals surface area (Å²) in [4.78, 5) is 0. The van der Waals surface area contributed by atoms with Crippen LogP contribution in [0.4, 0.5) is 0 Å². The molecule has 114 valence electrons. The number of hydrogen-bond acceptors (Lipinski definition) is 3. The highest BCUT2D eigenvalue weighted by atomic mass is 16.5. The van der Waals surface area contributed by atoms with Gasteiger partial charge in [-0.2, -0.15) is 0 Å². The average Bonchev–Trinajstić information content (AvgIpc) is 2.31. The Balaban J connectivity index is 2.40. The molecule has 0 heterocycles. The van der Waals surface area contributed by atoms with Crippen LogP contribution in [0.2, 0.25) is 0 Å². The van der Waals surface area contributed by atoms with Crippen molar-refractivity contribution in [1.82, 2.24) is 5.32 Å². The minimum atomic E-state index is -0.109. The predicted octanol–water partition coefficient (Wildman–Crippen LogP) is 3.77. The van der Waals surface area contributed by atoms with E-state index in [1.165, 1.54) is 5.56 Å². The maximum Gasteiger partial charge on any atom is 0.119 e. The summed E-state index contributed by atoms with van der Waals surface area (Å²) < 4.78 is 11.4. The van der Waals surface area contributed by atoms with Crippen molar-refractivity contribution in [3.8, 4) is 5.75 Å². The number of hydrogen-bond donors (Lipinski definition) is 1. The lowest BCUT2D eigenvalue weighted by Gasteiger charge is -2.21. The molecule has 1 N–H and O–H groups in total. The van der Waals surface area contributed by atoms with Gasteiger partial charge in [0.05, 0.1) is 12.2 Å². The van der Waals surface area contributed by atoms with E-state index in [2.05, 4.69) is 38.2 Å². The van der Waals surface area contributed by atoms with Crippen molar-refractivity contribution in [2.45, 2.75) is 59.2 Å². The molecule has 0 saturated carbocycles. The summed E-state index contributed by atoms with van der Waals surface area (Å²) in [7, 11) is 0. The molecule has 1 aromatic carbocycles. The van der Waals surface area contributed by atoms with E-state index in [1.54, 1.807) is 0 Å². The van der Waals surface area contributed by atoms with Gasteiger partial charge in [-0.25, -0.2) is 0 Å². The van der Waals surface area contributed by atoms with Gasteiger partial charge in [-0.15, -0.1) is 0 Å². The van der Waals surface area contributed by atoms with Gasteiger partial charge in [0.15, 0.2) is 0 Å². The molecule has 0 aliphatic rings. The summed E-state index contributed by atoms with van der Waals surface area (Å²) in [5, 5.41) is 3.47. The third-order valence-electron chi connectivity index (χ3n) is 2.61. The van der Waals surface area contributed by atoms with E-state index < -0.39 is 0 Å². The molecule has 0 aliphatic heterocycles. The van der Waals surface area contributed by atoms with Crippen molar-refractivity contribution in [3.05, 3.63) is 29.8 Å². The summed E-state index contributed by atoms with van der Waals surface area (Å²) in [5.41, 5.74) is 1.24. The molecular formula is C17H29NO2. The summed E-state index contributed by atoms with van der Waals surface area (Å²) in [6.07, 6.45) is 0. The SMILES string of the molecule is CC(C)(C)NCc1cccc(OCCOC(C)(C)C)c1. The van der Waals surface area contributed by atoms with Crippen molar-refractivity contribution in [2.75, 3.05) is 13.2 Å². The van der Waals surface area contributed by atoms with Crippen LogP contribution >= 0.6 is 0 Å². The number of ether oxygens (including phenoxy) is 2. The first-order chi connectivity index (χ1) is 9.16. The lowest BCUT2D eigenvalue weighted by molar-refractivity contribution is -0.0163. The molecule has 3 nitrogen and oxygen atoms in total. The molecule has 3 heteroatoms. The quantitative estimate of drug-likeness (QED) is 0.804. The topological polar surface area (TPSA) is 30.5 Å². The van der Waals surface area contributed by atoms with Crippen LogP contribution in [0, 0.1) is 0 Å². The number of benzene rings is 1. The predicted molar refractivity (Wildman–Crippen MR) is 84.2 cm³/mol. The van der Waals surface area contributed by atoms with Crippen LogP contribution in [0.3, 0.4) is 0 Å². The van der Waals surface area contributed by atoms with Crippen LogP contribution < -0.4 is 10.1 Å². The molecule has 0 spiro atoms. The first kappa shape index (κ1) is 17.0. The maximum atomic E-state index is 5.72. The van der Waals surface area contributed by atoms with Gasteiger partial charge in [0.25, 0.3) is 0 Å². The van der Waals surface area contributed by atoms with Gasteiger partial charge in [-0.3, -0.25) is 0 Å². The normalized spacial score (nSPS) is 12.5. The van der Waals surface area contributed by atoms with Crippen LogP contribution in [0.15, 0.2) is 24.3 Å². The molecule has 0 saturated heterocycles. The van der Waals surface area contributed by atoms with E-state index in [4.69, 9.17) is 9.47 Å². The Labute approximate surface area is 123 Å². The standard InChI is InChI=1S/C17H29NO2/c1-16(2,3)18-13-14-8-7-9-15(12-14)19-10-11-20-17(4,5)6/h7-9,12,18H,10-11,13H2,1-6H3. The summed E-state index contributed by atoms with van der Waals surface area (Å²) in [6, 6.07) is 8.20. The average molecular weight is 279 g/mol. The summed E-state index contributed by atoms with van der Waals surface area (Å²) in [6.45, 7) is 14.7. The van der Waals surface area contributed by atoms with Crippen LogP contribution in [0.25, 0.3) is 0 Å². The Morgan fingerprint density at radius 1 is 1.00 bits per heavy atom. The van der Waals surface area contributed by atoms with Crippen molar-refractivity contribution < 1.29 is 9.47 Å². The summed E-state index contributed by atoms with van der Waals surface area (Å²) >= 11 is 0. The molecule has 0 unspecified atom stereocenters. The van der Waals surface area contributed by atoms with E-state index in [1.807, 2.05) is 32.9 Å². The first-order valence-corrected chi connectivity index (χ1v) is 7.26. The minimum absolute atomic E-state index is 0.109. The molecule has 0 amide bonds. The zero-order chi connectivity index (χ0) is 15.2. The Bertz CT molecular complexity index is 402. The monoisotopic (exact) mass is 279 g/mol. The van der Waals surface area contributed by atoms with Crippen molar-refractivity contribution in [1.29, 1.82) is 0 Å². The second-order valence-electron chi connectivity index (χ2n) is 7.06. The zero-order valence-electron chi connectivity index (χ0n) is 13.7. The van der Waals surface area contributed by atoms with Crippen LogP contribution in [0.5, 0.6) is 5.75 Å². The first-order valence-electron chi connectivity index (χ1n) is 7.26. The third kappa shape index (κ3) is 8.18. The van der Waals surface area contributed by atoms with Crippen molar-refractivity contribution in [3.63, 3.8) is 0 Å². The molecular weight excluding hydrogens is 250 g/mol. The largest absolute Gasteiger partial charge is 0.491 e. The van der Waals surface area contributed by atoms with Crippen molar-refractivity contribution >= 4 is 0 Å². The molecule has 0 bridgehead atoms. The molecule has 0 aliphatic carbocycles. The van der Waals surface area contributed by atoms with E-state index >= 15 is 0 Å².